The molecule has 0 saturated carbocycles. The van der Waals surface area contributed by atoms with Gasteiger partial charge in [-0.05, 0) is 195 Å². The zero-order valence-corrected chi connectivity index (χ0v) is 80.1. The maximum Gasteiger partial charge on any atom is 0.344 e. The van der Waals surface area contributed by atoms with Crippen LogP contribution in [0.15, 0.2) is 85.1 Å². The maximum atomic E-state index is 11.9. The number of rotatable bonds is 73. The molecule has 766 valence electrons. The van der Waals surface area contributed by atoms with Crippen molar-refractivity contribution in [3.63, 3.8) is 0 Å². The standard InChI is InChI=1S/C26H40O10.C25H38O10.C17H24O8.C13H24O6.C8H12O4.C5H12O2/c1-5-7-10-16-33-23(28)20(3)24(29)35-18-13-9-14-19-36-26(31)21(4)25(30)34-17-12-8-11-15-32-22(27)6-2;1-5-6-9-15-32-22(27)19(2)23(28)34-17-12-8-13-18-35-25(30)20(3)24(29)33-16-11-7-10-14-31-21(4)26;1-5-22-14(18)12(3)16(20)24-10-8-7-9-11-25-17(21)13(4)15(19)23-6-2;14-7-3-1-5-9-18-12(16)11-13(17)19-10-6-2-4-8-15;1-4-11-7(9)6(3)8(10)12-5-2;6-4-2-1-3-5-7/h3-19H2,1-2H3;2-3,5-18H2,1,4H3;3-11H2,1-2H3;14-15H,1-11H2;3-5H2,1-2H3;6-7H,1-5H2. The predicted octanol–water partition coefficient (Wildman–Crippen LogP) is 10.2. The van der Waals surface area contributed by atoms with Gasteiger partial charge >= 0.3 is 107 Å². The third-order valence-corrected chi connectivity index (χ3v) is 16.4. The summed E-state index contributed by atoms with van der Waals surface area (Å²) in [5.41, 5.74) is -2.44. The SMILES string of the molecule is C=C(C(=O)OCC)C(=O)OCC.C=C(C(=O)OCC)C(=O)OCCCCCOC(=O)C(=C)C(=O)OCC.C=C(C(=O)OCCCCC)C(=O)OCCCCCOC(=O)C(=C)C(=O)OCCCCCOC(=O)CC.C=C(C(=O)OCCCCC)C(=O)OCCCCCOC(=O)C(=C)C(=O)OCCCCCOC(C)=O.O=C(CC(=O)OCCCCCO)OCCCCCO.OCCCCCO. The van der Waals surface area contributed by atoms with E-state index in [4.69, 9.17) is 86.7 Å². The van der Waals surface area contributed by atoms with Gasteiger partial charge in [-0.25, -0.2) is 67.1 Å². The Kier molecular flexibility index (Phi) is 95.5. The fourth-order valence-electron chi connectivity index (χ4n) is 8.86. The molecule has 0 rings (SSSR count). The summed E-state index contributed by atoms with van der Waals surface area (Å²) >= 11 is 0. The molecule has 0 aliphatic carbocycles. The first-order valence-corrected chi connectivity index (χ1v) is 45.3. The summed E-state index contributed by atoms with van der Waals surface area (Å²) in [6.07, 6.45) is 20.7. The van der Waals surface area contributed by atoms with Crippen LogP contribution in [0.5, 0.6) is 0 Å². The molecule has 0 bridgehead atoms. The molecule has 0 aliphatic rings. The number of carbonyl (C=O) groups is 18. The first-order chi connectivity index (χ1) is 64.0. The molecular formula is C94H150O40. The van der Waals surface area contributed by atoms with Crippen LogP contribution in [0, 0.1) is 0 Å². The minimum atomic E-state index is -0.856. The van der Waals surface area contributed by atoms with Crippen LogP contribution < -0.4 is 0 Å². The largest absolute Gasteiger partial charge is 0.466 e. The summed E-state index contributed by atoms with van der Waals surface area (Å²) in [4.78, 5) is 206. The Hall–Kier alpha value is -11.5. The van der Waals surface area contributed by atoms with Gasteiger partial charge in [-0.15, -0.1) is 0 Å². The van der Waals surface area contributed by atoms with Crippen LogP contribution in [0.1, 0.15) is 261 Å². The highest BCUT2D eigenvalue weighted by Gasteiger charge is 2.25. The van der Waals surface area contributed by atoms with E-state index in [-0.39, 0.29) is 190 Å². The molecule has 134 heavy (non-hydrogen) atoms. The van der Waals surface area contributed by atoms with Gasteiger partial charge < -0.3 is 106 Å². The number of hydrogen-bond donors (Lipinski definition) is 4. The van der Waals surface area contributed by atoms with Crippen molar-refractivity contribution in [3.8, 4) is 0 Å². The fourth-order valence-corrected chi connectivity index (χ4v) is 8.86. The number of aliphatic hydroxyl groups excluding tert-OH is 4. The van der Waals surface area contributed by atoms with Crippen molar-refractivity contribution in [2.24, 2.45) is 0 Å². The molecule has 0 aromatic heterocycles. The Bertz CT molecular complexity index is 3380. The van der Waals surface area contributed by atoms with Crippen molar-refractivity contribution in [2.75, 3.05) is 145 Å². The Morgan fingerprint density at radius 1 is 0.179 bits per heavy atom. The first kappa shape index (κ1) is 133. The van der Waals surface area contributed by atoms with E-state index >= 15 is 0 Å². The van der Waals surface area contributed by atoms with E-state index in [9.17, 15) is 86.3 Å². The smallest absolute Gasteiger partial charge is 0.344 e. The summed E-state index contributed by atoms with van der Waals surface area (Å²) in [6.45, 7) is 41.0. The van der Waals surface area contributed by atoms with E-state index in [2.05, 4.69) is 65.0 Å². The molecule has 0 unspecified atom stereocenters. The molecule has 40 heteroatoms. The van der Waals surface area contributed by atoms with Crippen molar-refractivity contribution >= 4 is 107 Å². The first-order valence-electron chi connectivity index (χ1n) is 45.3. The minimum Gasteiger partial charge on any atom is -0.466 e. The van der Waals surface area contributed by atoms with Crippen molar-refractivity contribution in [3.05, 3.63) is 85.1 Å². The van der Waals surface area contributed by atoms with E-state index in [0.29, 0.717) is 142 Å². The van der Waals surface area contributed by atoms with Crippen LogP contribution in [0.25, 0.3) is 0 Å². The second-order valence-corrected chi connectivity index (χ2v) is 27.9. The molecule has 0 aliphatic heterocycles. The lowest BCUT2D eigenvalue weighted by Crippen LogP contribution is -2.19. The molecule has 0 aromatic carbocycles. The van der Waals surface area contributed by atoms with Crippen molar-refractivity contribution in [1.29, 1.82) is 0 Å². The molecule has 4 N–H and O–H groups in total. The molecule has 0 fully saturated rings. The van der Waals surface area contributed by atoms with Crippen LogP contribution in [-0.4, -0.2) is 273 Å². The third-order valence-electron chi connectivity index (χ3n) is 16.4. The van der Waals surface area contributed by atoms with Crippen LogP contribution in [0.2, 0.25) is 0 Å². The number of carbonyl (C=O) groups excluding carboxylic acids is 18. The molecule has 0 heterocycles. The fraction of sp³-hybridized carbons (Fsp3) is 0.660. The lowest BCUT2D eigenvalue weighted by molar-refractivity contribution is -0.156. The van der Waals surface area contributed by atoms with Gasteiger partial charge in [-0.1, -0.05) is 92.5 Å². The topological polar surface area (TPSA) is 554 Å². The average molecular weight is 1920 g/mol. The van der Waals surface area contributed by atoms with Gasteiger partial charge in [-0.2, -0.15) is 0 Å². The zero-order valence-electron chi connectivity index (χ0n) is 80.1. The number of unbranched alkanes of at least 4 members (excludes halogenated alkanes) is 20. The van der Waals surface area contributed by atoms with Crippen molar-refractivity contribution in [1.82, 2.24) is 0 Å². The highest BCUT2D eigenvalue weighted by Crippen LogP contribution is 2.12. The number of hydrogen-bond acceptors (Lipinski definition) is 40. The van der Waals surface area contributed by atoms with E-state index < -0.39 is 95.5 Å². The maximum absolute atomic E-state index is 11.9. The van der Waals surface area contributed by atoms with Crippen LogP contribution in [-0.2, 0) is 172 Å². The Morgan fingerprint density at radius 2 is 0.321 bits per heavy atom. The molecule has 40 nitrogen and oxygen atoms in total. The van der Waals surface area contributed by atoms with E-state index in [0.717, 1.165) is 70.6 Å². The van der Waals surface area contributed by atoms with Crippen LogP contribution in [0.4, 0.5) is 0 Å². The molecule has 0 radical (unpaired) electrons. The van der Waals surface area contributed by atoms with E-state index in [1.807, 2.05) is 13.8 Å². The van der Waals surface area contributed by atoms with E-state index in [1.54, 1.807) is 34.6 Å². The zero-order chi connectivity index (χ0) is 102. The Labute approximate surface area is 787 Å². The van der Waals surface area contributed by atoms with Crippen molar-refractivity contribution in [2.45, 2.75) is 261 Å². The number of aliphatic hydroxyl groups is 4. The highest BCUT2D eigenvalue weighted by atomic mass is 16.6. The molecule has 0 saturated heterocycles. The number of ether oxygens (including phenoxy) is 18. The summed E-state index contributed by atoms with van der Waals surface area (Å²) < 4.78 is 87.3. The molecule has 0 spiro atoms. The van der Waals surface area contributed by atoms with Gasteiger partial charge in [0, 0.05) is 39.8 Å². The minimum absolute atomic E-state index is 0.0615. The second kappa shape index (κ2) is 96.1. The molecule has 0 amide bonds. The lowest BCUT2D eigenvalue weighted by Gasteiger charge is -2.09. The van der Waals surface area contributed by atoms with Gasteiger partial charge in [0.2, 0.25) is 0 Å². The average Bonchev–Trinajstić information content (AvgIpc) is 0.935. The van der Waals surface area contributed by atoms with Gasteiger partial charge in [0.1, 0.15) is 45.4 Å². The van der Waals surface area contributed by atoms with Crippen molar-refractivity contribution < 1.29 is 192 Å². The molecular weight excluding hydrogens is 1770 g/mol. The van der Waals surface area contributed by atoms with Crippen LogP contribution >= 0.6 is 0 Å². The predicted molar refractivity (Wildman–Crippen MR) is 483 cm³/mol. The second-order valence-electron chi connectivity index (χ2n) is 27.9. The number of esters is 18. The Morgan fingerprint density at radius 3 is 0.478 bits per heavy atom. The monoisotopic (exact) mass is 1920 g/mol. The highest BCUT2D eigenvalue weighted by molar-refractivity contribution is 6.16. The molecule has 0 atom stereocenters. The summed E-state index contributed by atoms with van der Waals surface area (Å²) in [7, 11) is 0. The van der Waals surface area contributed by atoms with E-state index in [1.165, 1.54) is 6.92 Å². The van der Waals surface area contributed by atoms with Gasteiger partial charge in [-0.3, -0.25) is 19.2 Å². The quantitative estimate of drug-likeness (QED) is 0.0110. The van der Waals surface area contributed by atoms with Gasteiger partial charge in [0.05, 0.1) is 119 Å². The lowest BCUT2D eigenvalue weighted by atomic mass is 10.2. The summed E-state index contributed by atoms with van der Waals surface area (Å²) in [5.74, 6) is -13.1. The summed E-state index contributed by atoms with van der Waals surface area (Å²) in [5, 5.41) is 33.5. The van der Waals surface area contributed by atoms with Gasteiger partial charge in [0.15, 0.2) is 0 Å². The third kappa shape index (κ3) is 84.7. The Balaban J connectivity index is -0.000000389. The van der Waals surface area contributed by atoms with Gasteiger partial charge in [0.25, 0.3) is 0 Å². The normalized spacial score (nSPS) is 9.91. The summed E-state index contributed by atoms with van der Waals surface area (Å²) in [6, 6.07) is 0. The van der Waals surface area contributed by atoms with Crippen LogP contribution in [0.3, 0.4) is 0 Å². The molecule has 0 aromatic rings.